The second kappa shape index (κ2) is 7.68. The first kappa shape index (κ1) is 16.1. The SMILES string of the molecule is O=C(NCCc1cccc(F)c1)NCc1ccc2c(c1)OCCO2. The largest absolute Gasteiger partial charge is 0.486 e. The van der Waals surface area contributed by atoms with Gasteiger partial charge < -0.3 is 20.1 Å². The Morgan fingerprint density at radius 1 is 1.00 bits per heavy atom. The molecule has 2 amide bonds. The van der Waals surface area contributed by atoms with E-state index in [1.807, 2.05) is 24.3 Å². The van der Waals surface area contributed by atoms with E-state index in [-0.39, 0.29) is 11.8 Å². The summed E-state index contributed by atoms with van der Waals surface area (Å²) in [7, 11) is 0. The zero-order valence-electron chi connectivity index (χ0n) is 13.2. The quantitative estimate of drug-likeness (QED) is 0.886. The van der Waals surface area contributed by atoms with Crippen LogP contribution in [0.5, 0.6) is 11.5 Å². The van der Waals surface area contributed by atoms with Crippen molar-refractivity contribution in [3.63, 3.8) is 0 Å². The molecule has 0 fully saturated rings. The maximum absolute atomic E-state index is 13.1. The number of fused-ring (bicyclic) bond motifs is 1. The normalized spacial score (nSPS) is 12.5. The molecule has 5 nitrogen and oxygen atoms in total. The third kappa shape index (κ3) is 4.38. The van der Waals surface area contributed by atoms with Crippen LogP contribution in [0.4, 0.5) is 9.18 Å². The third-order valence-electron chi connectivity index (χ3n) is 3.65. The summed E-state index contributed by atoms with van der Waals surface area (Å²) in [6.45, 7) is 1.92. The van der Waals surface area contributed by atoms with Crippen LogP contribution in [0, 0.1) is 5.82 Å². The molecule has 0 saturated heterocycles. The number of carbonyl (C=O) groups is 1. The lowest BCUT2D eigenvalue weighted by atomic mass is 10.1. The topological polar surface area (TPSA) is 59.6 Å². The zero-order chi connectivity index (χ0) is 16.8. The summed E-state index contributed by atoms with van der Waals surface area (Å²) < 4.78 is 24.0. The van der Waals surface area contributed by atoms with Crippen molar-refractivity contribution in [2.24, 2.45) is 0 Å². The molecule has 0 bridgehead atoms. The van der Waals surface area contributed by atoms with Gasteiger partial charge in [0.15, 0.2) is 11.5 Å². The minimum absolute atomic E-state index is 0.263. The van der Waals surface area contributed by atoms with Crippen molar-refractivity contribution in [2.75, 3.05) is 19.8 Å². The molecule has 3 rings (SSSR count). The number of carbonyl (C=O) groups excluding carboxylic acids is 1. The van der Waals surface area contributed by atoms with E-state index in [1.54, 1.807) is 6.07 Å². The molecule has 24 heavy (non-hydrogen) atoms. The molecule has 6 heteroatoms. The van der Waals surface area contributed by atoms with Gasteiger partial charge in [-0.3, -0.25) is 0 Å². The van der Waals surface area contributed by atoms with E-state index < -0.39 is 0 Å². The highest BCUT2D eigenvalue weighted by molar-refractivity contribution is 5.73. The van der Waals surface area contributed by atoms with Crippen molar-refractivity contribution >= 4 is 6.03 Å². The molecule has 0 aromatic heterocycles. The minimum Gasteiger partial charge on any atom is -0.486 e. The first-order valence-electron chi connectivity index (χ1n) is 7.85. The van der Waals surface area contributed by atoms with E-state index in [1.165, 1.54) is 12.1 Å². The van der Waals surface area contributed by atoms with E-state index in [9.17, 15) is 9.18 Å². The van der Waals surface area contributed by atoms with Crippen LogP contribution in [0.25, 0.3) is 0 Å². The summed E-state index contributed by atoms with van der Waals surface area (Å²) in [4.78, 5) is 11.8. The number of urea groups is 1. The van der Waals surface area contributed by atoms with Gasteiger partial charge >= 0.3 is 6.03 Å². The van der Waals surface area contributed by atoms with Gasteiger partial charge in [-0.05, 0) is 41.8 Å². The fraction of sp³-hybridized carbons (Fsp3) is 0.278. The lowest BCUT2D eigenvalue weighted by molar-refractivity contribution is 0.171. The standard InChI is InChI=1S/C18H19FN2O3/c19-15-3-1-2-13(10-15)6-7-20-18(22)21-12-14-4-5-16-17(11-14)24-9-8-23-16/h1-5,10-11H,6-9,12H2,(H2,20,21,22). The molecule has 2 aromatic carbocycles. The van der Waals surface area contributed by atoms with Gasteiger partial charge in [-0.15, -0.1) is 0 Å². The van der Waals surface area contributed by atoms with E-state index in [0.717, 1.165) is 16.9 Å². The number of nitrogens with one attached hydrogen (secondary N) is 2. The Labute approximate surface area is 139 Å². The van der Waals surface area contributed by atoms with Crippen LogP contribution in [-0.2, 0) is 13.0 Å². The fourth-order valence-corrected chi connectivity index (χ4v) is 2.46. The number of benzene rings is 2. The Hall–Kier alpha value is -2.76. The maximum atomic E-state index is 13.1. The molecule has 0 spiro atoms. The van der Waals surface area contributed by atoms with Gasteiger partial charge in [0.25, 0.3) is 0 Å². The molecule has 0 radical (unpaired) electrons. The van der Waals surface area contributed by atoms with Gasteiger partial charge in [0, 0.05) is 13.1 Å². The van der Waals surface area contributed by atoms with Gasteiger partial charge in [0.1, 0.15) is 19.0 Å². The monoisotopic (exact) mass is 330 g/mol. The molecule has 0 atom stereocenters. The summed E-state index contributed by atoms with van der Waals surface area (Å²) in [5, 5.41) is 5.54. The highest BCUT2D eigenvalue weighted by Crippen LogP contribution is 2.30. The molecule has 0 unspecified atom stereocenters. The lowest BCUT2D eigenvalue weighted by Crippen LogP contribution is -2.36. The van der Waals surface area contributed by atoms with Crippen LogP contribution in [0.3, 0.4) is 0 Å². The molecule has 0 saturated carbocycles. The Balaban J connectivity index is 1.42. The molecule has 1 heterocycles. The highest BCUT2D eigenvalue weighted by Gasteiger charge is 2.11. The lowest BCUT2D eigenvalue weighted by Gasteiger charge is -2.19. The molecule has 2 aromatic rings. The fourth-order valence-electron chi connectivity index (χ4n) is 2.46. The predicted octanol–water partition coefficient (Wildman–Crippen LogP) is 2.64. The van der Waals surface area contributed by atoms with Gasteiger partial charge in [-0.2, -0.15) is 0 Å². The molecule has 2 N–H and O–H groups in total. The first-order chi connectivity index (χ1) is 11.7. The van der Waals surface area contributed by atoms with Crippen molar-refractivity contribution in [2.45, 2.75) is 13.0 Å². The van der Waals surface area contributed by atoms with Gasteiger partial charge in [0.05, 0.1) is 0 Å². The number of hydrogen-bond acceptors (Lipinski definition) is 3. The summed E-state index contributed by atoms with van der Waals surface area (Å²) >= 11 is 0. The Morgan fingerprint density at radius 3 is 2.67 bits per heavy atom. The van der Waals surface area contributed by atoms with Gasteiger partial charge in [0.2, 0.25) is 0 Å². The van der Waals surface area contributed by atoms with Crippen molar-refractivity contribution < 1.29 is 18.7 Å². The number of rotatable bonds is 5. The van der Waals surface area contributed by atoms with Crippen LogP contribution in [0.2, 0.25) is 0 Å². The van der Waals surface area contributed by atoms with E-state index >= 15 is 0 Å². The van der Waals surface area contributed by atoms with Crippen LogP contribution in [0.1, 0.15) is 11.1 Å². The average Bonchev–Trinajstić information content (AvgIpc) is 2.60. The maximum Gasteiger partial charge on any atom is 0.315 e. The van der Waals surface area contributed by atoms with Crippen molar-refractivity contribution in [3.05, 3.63) is 59.4 Å². The molecule has 1 aliphatic heterocycles. The molecule has 1 aliphatic rings. The van der Waals surface area contributed by atoms with Crippen molar-refractivity contribution in [3.8, 4) is 11.5 Å². The zero-order valence-corrected chi connectivity index (χ0v) is 13.2. The predicted molar refractivity (Wildman–Crippen MR) is 87.8 cm³/mol. The van der Waals surface area contributed by atoms with E-state index in [4.69, 9.17) is 9.47 Å². The highest BCUT2D eigenvalue weighted by atomic mass is 19.1. The van der Waals surface area contributed by atoms with E-state index in [2.05, 4.69) is 10.6 Å². The number of hydrogen-bond donors (Lipinski definition) is 2. The minimum atomic E-state index is -0.268. The average molecular weight is 330 g/mol. The number of ether oxygens (including phenoxy) is 2. The summed E-state index contributed by atoms with van der Waals surface area (Å²) in [6.07, 6.45) is 0.579. The third-order valence-corrected chi connectivity index (χ3v) is 3.65. The van der Waals surface area contributed by atoms with Crippen molar-refractivity contribution in [1.29, 1.82) is 0 Å². The first-order valence-corrected chi connectivity index (χ1v) is 7.85. The Kier molecular flexibility index (Phi) is 5.15. The Bertz CT molecular complexity index is 721. The van der Waals surface area contributed by atoms with Crippen LogP contribution in [0.15, 0.2) is 42.5 Å². The van der Waals surface area contributed by atoms with Crippen LogP contribution >= 0.6 is 0 Å². The van der Waals surface area contributed by atoms with Gasteiger partial charge in [-0.1, -0.05) is 18.2 Å². The summed E-state index contributed by atoms with van der Waals surface area (Å²) in [6, 6.07) is 11.7. The molecule has 126 valence electrons. The van der Waals surface area contributed by atoms with Crippen molar-refractivity contribution in [1.82, 2.24) is 10.6 Å². The van der Waals surface area contributed by atoms with Gasteiger partial charge in [-0.25, -0.2) is 9.18 Å². The molecular formula is C18H19FN2O3. The number of halogens is 1. The second-order valence-electron chi connectivity index (χ2n) is 5.47. The molecule has 0 aliphatic carbocycles. The van der Waals surface area contributed by atoms with Crippen LogP contribution < -0.4 is 20.1 Å². The summed E-state index contributed by atoms with van der Waals surface area (Å²) in [5.41, 5.74) is 1.78. The summed E-state index contributed by atoms with van der Waals surface area (Å²) in [5.74, 6) is 1.16. The Morgan fingerprint density at radius 2 is 1.83 bits per heavy atom. The smallest absolute Gasteiger partial charge is 0.315 e. The molecular weight excluding hydrogens is 311 g/mol. The second-order valence-corrected chi connectivity index (χ2v) is 5.47. The van der Waals surface area contributed by atoms with Crippen LogP contribution in [-0.4, -0.2) is 25.8 Å². The van der Waals surface area contributed by atoms with E-state index in [0.29, 0.717) is 38.5 Å². The number of amides is 2.